The molecular formula is C18H13N3O2S. The Morgan fingerprint density at radius 1 is 1.08 bits per heavy atom. The van der Waals surface area contributed by atoms with Gasteiger partial charge in [0.2, 0.25) is 0 Å². The number of hydrogen-bond acceptors (Lipinski definition) is 5. The molecule has 4 aromatic rings. The van der Waals surface area contributed by atoms with Crippen molar-refractivity contribution in [1.82, 2.24) is 15.2 Å². The van der Waals surface area contributed by atoms with Crippen LogP contribution in [-0.4, -0.2) is 20.3 Å². The van der Waals surface area contributed by atoms with E-state index < -0.39 is 0 Å². The third-order valence-corrected chi connectivity index (χ3v) is 4.98. The van der Waals surface area contributed by atoms with Crippen LogP contribution in [0.25, 0.3) is 32.6 Å². The minimum atomic E-state index is -0.0198. The van der Waals surface area contributed by atoms with Crippen molar-refractivity contribution in [3.05, 3.63) is 63.9 Å². The normalized spacial score (nSPS) is 11.0. The monoisotopic (exact) mass is 335 g/mol. The van der Waals surface area contributed by atoms with Gasteiger partial charge in [0.05, 0.1) is 0 Å². The Kier molecular flexibility index (Phi) is 3.39. The van der Waals surface area contributed by atoms with Crippen molar-refractivity contribution in [3.8, 4) is 28.3 Å². The molecular weight excluding hydrogens is 322 g/mol. The molecule has 0 aliphatic carbocycles. The van der Waals surface area contributed by atoms with Gasteiger partial charge < -0.3 is 5.11 Å². The lowest BCUT2D eigenvalue weighted by molar-refractivity contribution is 0.476. The van der Waals surface area contributed by atoms with E-state index in [2.05, 4.69) is 15.2 Å². The zero-order valence-corrected chi connectivity index (χ0v) is 13.6. The number of phenolic OH excluding ortho intramolecular Hbond substituents is 1. The number of H-pyrrole nitrogens is 1. The van der Waals surface area contributed by atoms with Gasteiger partial charge in [-0.3, -0.25) is 9.89 Å². The summed E-state index contributed by atoms with van der Waals surface area (Å²) in [6.45, 7) is 1.93. The Bertz CT molecular complexity index is 1080. The zero-order chi connectivity index (χ0) is 16.7. The van der Waals surface area contributed by atoms with Gasteiger partial charge in [-0.05, 0) is 30.7 Å². The fourth-order valence-electron chi connectivity index (χ4n) is 2.77. The number of aromatic nitrogens is 3. The average molecular weight is 335 g/mol. The van der Waals surface area contributed by atoms with Crippen molar-refractivity contribution in [1.29, 1.82) is 0 Å². The average Bonchev–Trinajstić information content (AvgIpc) is 3.09. The molecule has 0 aliphatic heterocycles. The Labute approximate surface area is 141 Å². The SMILES string of the molecule is Cc1sc2cc(O)ccc2c(=O)c1-c1ccc(-c2ncn[nH]2)cc1. The van der Waals surface area contributed by atoms with Crippen LogP contribution in [0, 0.1) is 6.92 Å². The van der Waals surface area contributed by atoms with E-state index in [0.717, 1.165) is 20.7 Å². The Hall–Kier alpha value is -2.99. The van der Waals surface area contributed by atoms with Crippen molar-refractivity contribution in [2.45, 2.75) is 6.92 Å². The number of hydrogen-bond donors (Lipinski definition) is 2. The molecule has 2 N–H and O–H groups in total. The second-order valence-electron chi connectivity index (χ2n) is 5.45. The largest absolute Gasteiger partial charge is 0.508 e. The molecule has 118 valence electrons. The van der Waals surface area contributed by atoms with E-state index in [0.29, 0.717) is 16.8 Å². The summed E-state index contributed by atoms with van der Waals surface area (Å²) in [6, 6.07) is 12.5. The molecule has 6 heteroatoms. The smallest absolute Gasteiger partial charge is 0.196 e. The van der Waals surface area contributed by atoms with Crippen LogP contribution in [0.4, 0.5) is 0 Å². The quantitative estimate of drug-likeness (QED) is 0.585. The summed E-state index contributed by atoms with van der Waals surface area (Å²) in [5.41, 5.74) is 2.46. The first-order valence-corrected chi connectivity index (χ1v) is 8.18. The van der Waals surface area contributed by atoms with E-state index in [-0.39, 0.29) is 11.2 Å². The van der Waals surface area contributed by atoms with E-state index in [9.17, 15) is 9.90 Å². The first-order chi connectivity index (χ1) is 11.6. The minimum absolute atomic E-state index is 0.0198. The highest BCUT2D eigenvalue weighted by molar-refractivity contribution is 7.18. The van der Waals surface area contributed by atoms with Gasteiger partial charge in [-0.15, -0.1) is 11.3 Å². The highest BCUT2D eigenvalue weighted by atomic mass is 32.1. The molecule has 5 nitrogen and oxygen atoms in total. The Morgan fingerprint density at radius 2 is 1.83 bits per heavy atom. The van der Waals surface area contributed by atoms with Crippen LogP contribution in [0.5, 0.6) is 5.75 Å². The Morgan fingerprint density at radius 3 is 2.54 bits per heavy atom. The standard InChI is InChI=1S/C18H13N3O2S/c1-10-16(17(23)14-7-6-13(22)8-15(14)24-10)11-2-4-12(5-3-11)18-19-9-20-21-18/h2-9,22H,1H3,(H,19,20,21). The summed E-state index contributed by atoms with van der Waals surface area (Å²) in [7, 11) is 0. The lowest BCUT2D eigenvalue weighted by Crippen LogP contribution is -2.06. The third-order valence-electron chi connectivity index (χ3n) is 3.91. The van der Waals surface area contributed by atoms with E-state index in [1.165, 1.54) is 17.7 Å². The molecule has 0 saturated carbocycles. The van der Waals surface area contributed by atoms with Crippen LogP contribution in [0.1, 0.15) is 4.88 Å². The number of aromatic hydroxyl groups is 1. The predicted molar refractivity (Wildman–Crippen MR) is 95.3 cm³/mol. The van der Waals surface area contributed by atoms with E-state index >= 15 is 0 Å². The minimum Gasteiger partial charge on any atom is -0.508 e. The number of rotatable bonds is 2. The van der Waals surface area contributed by atoms with Gasteiger partial charge in [0, 0.05) is 26.1 Å². The second kappa shape index (κ2) is 5.58. The molecule has 0 atom stereocenters. The lowest BCUT2D eigenvalue weighted by Gasteiger charge is -2.08. The molecule has 0 aliphatic rings. The van der Waals surface area contributed by atoms with Gasteiger partial charge in [0.25, 0.3) is 0 Å². The highest BCUT2D eigenvalue weighted by Gasteiger charge is 2.13. The fraction of sp³-hybridized carbons (Fsp3) is 0.0556. The van der Waals surface area contributed by atoms with Crippen molar-refractivity contribution in [2.24, 2.45) is 0 Å². The Balaban J connectivity index is 1.87. The molecule has 0 amide bonds. The summed E-state index contributed by atoms with van der Waals surface area (Å²) in [4.78, 5) is 17.9. The molecule has 0 spiro atoms. The maximum atomic E-state index is 12.9. The molecule has 2 heterocycles. The van der Waals surface area contributed by atoms with Crippen LogP contribution in [0.15, 0.2) is 53.6 Å². The van der Waals surface area contributed by atoms with Gasteiger partial charge in [0.1, 0.15) is 12.1 Å². The van der Waals surface area contributed by atoms with E-state index in [4.69, 9.17) is 0 Å². The van der Waals surface area contributed by atoms with Gasteiger partial charge >= 0.3 is 0 Å². The number of nitrogens with zero attached hydrogens (tertiary/aromatic N) is 2. The molecule has 2 aromatic heterocycles. The van der Waals surface area contributed by atoms with Gasteiger partial charge in [-0.2, -0.15) is 5.10 Å². The number of phenols is 1. The molecule has 0 radical (unpaired) electrons. The van der Waals surface area contributed by atoms with E-state index in [1.54, 1.807) is 18.2 Å². The summed E-state index contributed by atoms with van der Waals surface area (Å²) < 4.78 is 0.791. The van der Waals surface area contributed by atoms with Gasteiger partial charge in [-0.25, -0.2) is 4.98 Å². The summed E-state index contributed by atoms with van der Waals surface area (Å²) in [5.74, 6) is 0.860. The first-order valence-electron chi connectivity index (χ1n) is 7.36. The van der Waals surface area contributed by atoms with Crippen LogP contribution in [-0.2, 0) is 0 Å². The molecule has 0 saturated heterocycles. The van der Waals surface area contributed by atoms with Crippen LogP contribution < -0.4 is 5.43 Å². The number of aromatic amines is 1. The first kappa shape index (κ1) is 14.6. The summed E-state index contributed by atoms with van der Waals surface area (Å²) in [5, 5.41) is 16.9. The summed E-state index contributed by atoms with van der Waals surface area (Å²) in [6.07, 6.45) is 1.46. The topological polar surface area (TPSA) is 78.9 Å². The molecule has 24 heavy (non-hydrogen) atoms. The highest BCUT2D eigenvalue weighted by Crippen LogP contribution is 2.30. The van der Waals surface area contributed by atoms with Gasteiger partial charge in [0.15, 0.2) is 11.3 Å². The van der Waals surface area contributed by atoms with Crippen molar-refractivity contribution < 1.29 is 5.11 Å². The lowest BCUT2D eigenvalue weighted by atomic mass is 10.0. The molecule has 4 rings (SSSR count). The maximum absolute atomic E-state index is 12.9. The van der Waals surface area contributed by atoms with Crippen LogP contribution in [0.2, 0.25) is 0 Å². The van der Waals surface area contributed by atoms with Gasteiger partial charge in [-0.1, -0.05) is 24.3 Å². The van der Waals surface area contributed by atoms with Crippen LogP contribution >= 0.6 is 11.3 Å². The van der Waals surface area contributed by atoms with Crippen molar-refractivity contribution >= 4 is 21.4 Å². The van der Waals surface area contributed by atoms with Crippen molar-refractivity contribution in [3.63, 3.8) is 0 Å². The number of fused-ring (bicyclic) bond motifs is 1. The number of benzene rings is 2. The summed E-state index contributed by atoms with van der Waals surface area (Å²) >= 11 is 1.50. The van der Waals surface area contributed by atoms with Crippen molar-refractivity contribution in [2.75, 3.05) is 0 Å². The zero-order valence-electron chi connectivity index (χ0n) is 12.8. The van der Waals surface area contributed by atoms with Crippen LogP contribution in [0.3, 0.4) is 0 Å². The fourth-order valence-corrected chi connectivity index (χ4v) is 3.86. The predicted octanol–water partition coefficient (Wildman–Crippen LogP) is 3.73. The number of aryl methyl sites for hydroxylation is 1. The second-order valence-corrected chi connectivity index (χ2v) is 6.71. The maximum Gasteiger partial charge on any atom is 0.196 e. The molecule has 2 aromatic carbocycles. The third kappa shape index (κ3) is 2.37. The molecule has 0 unspecified atom stereocenters. The van der Waals surface area contributed by atoms with E-state index in [1.807, 2.05) is 31.2 Å². The molecule has 0 bridgehead atoms. The number of nitrogens with one attached hydrogen (secondary N) is 1. The molecule has 0 fully saturated rings.